The van der Waals surface area contributed by atoms with Crippen LogP contribution < -0.4 is 4.90 Å². The van der Waals surface area contributed by atoms with Crippen molar-refractivity contribution in [1.29, 1.82) is 0 Å². The highest BCUT2D eigenvalue weighted by Crippen LogP contribution is 2.43. The summed E-state index contributed by atoms with van der Waals surface area (Å²) in [5, 5.41) is 8.61. The number of nitrogens with zero attached hydrogens (tertiary/aromatic N) is 8. The van der Waals surface area contributed by atoms with Crippen LogP contribution in [0.3, 0.4) is 0 Å². The maximum Gasteiger partial charge on any atom is 0.237 e. The summed E-state index contributed by atoms with van der Waals surface area (Å²) in [5.74, 6) is 3.39. The van der Waals surface area contributed by atoms with Crippen LogP contribution in [0.2, 0.25) is 0 Å². The Bertz CT molecular complexity index is 1190. The fraction of sp³-hybridized carbons (Fsp3) is 0.318. The van der Waals surface area contributed by atoms with E-state index in [2.05, 4.69) is 39.1 Å². The molecule has 1 aliphatic carbocycles. The van der Waals surface area contributed by atoms with Crippen LogP contribution in [-0.4, -0.2) is 40.3 Å². The Hall–Kier alpha value is -3.55. The number of hydrogen-bond donors (Lipinski definition) is 0. The molecule has 0 spiro atoms. The second kappa shape index (κ2) is 6.76. The third-order valence-corrected chi connectivity index (χ3v) is 6.19. The molecule has 0 radical (unpaired) electrons. The van der Waals surface area contributed by atoms with Crippen LogP contribution in [-0.2, 0) is 0 Å². The van der Waals surface area contributed by atoms with Crippen molar-refractivity contribution >= 4 is 5.82 Å². The van der Waals surface area contributed by atoms with Gasteiger partial charge in [0.25, 0.3) is 0 Å². The fourth-order valence-corrected chi connectivity index (χ4v) is 4.50. The van der Waals surface area contributed by atoms with E-state index in [1.165, 1.54) is 19.3 Å². The Morgan fingerprint density at radius 1 is 1.07 bits per heavy atom. The van der Waals surface area contributed by atoms with E-state index < -0.39 is 0 Å². The van der Waals surface area contributed by atoms with Gasteiger partial charge in [-0.3, -0.25) is 9.13 Å². The molecule has 0 amide bonds. The largest absolute Gasteiger partial charge is 0.341 e. The Labute approximate surface area is 174 Å². The number of fused-ring (bicyclic) bond motifs is 3. The van der Waals surface area contributed by atoms with E-state index in [0.29, 0.717) is 12.0 Å². The van der Waals surface area contributed by atoms with Crippen molar-refractivity contribution in [2.24, 2.45) is 0 Å². The first-order valence-corrected chi connectivity index (χ1v) is 10.5. The summed E-state index contributed by atoms with van der Waals surface area (Å²) in [6, 6.07) is 10.8. The zero-order valence-corrected chi connectivity index (χ0v) is 16.8. The molecule has 1 aliphatic heterocycles. The van der Waals surface area contributed by atoms with E-state index in [-0.39, 0.29) is 6.04 Å². The minimum Gasteiger partial charge on any atom is -0.341 e. The first-order chi connectivity index (χ1) is 14.8. The average molecular weight is 398 g/mol. The van der Waals surface area contributed by atoms with E-state index in [9.17, 15) is 0 Å². The molecule has 3 aromatic heterocycles. The summed E-state index contributed by atoms with van der Waals surface area (Å²) in [5.41, 5.74) is 1.98. The highest BCUT2D eigenvalue weighted by Gasteiger charge is 2.39. The molecule has 1 fully saturated rings. The molecule has 1 aromatic carbocycles. The third kappa shape index (κ3) is 2.49. The standard InChI is InChI=1S/C22H22N8/c1-2-17-21-27-25-14-29(21)18-13-24-22(26-20(18)30(17)16-9-6-10-16)28-12-11-23-19(28)15-7-4-3-5-8-15/h3-5,7-8,11-14,16-17H,2,6,9-10H2,1H3. The molecule has 4 aromatic rings. The molecule has 0 bridgehead atoms. The van der Waals surface area contributed by atoms with E-state index in [0.717, 1.165) is 35.1 Å². The molecule has 0 N–H and O–H groups in total. The summed E-state index contributed by atoms with van der Waals surface area (Å²) in [6.07, 6.45) is 11.9. The van der Waals surface area contributed by atoms with Gasteiger partial charge in [-0.25, -0.2) is 9.97 Å². The van der Waals surface area contributed by atoms with E-state index in [1.54, 1.807) is 12.5 Å². The summed E-state index contributed by atoms with van der Waals surface area (Å²) in [4.78, 5) is 16.8. The van der Waals surface area contributed by atoms with Gasteiger partial charge >= 0.3 is 0 Å². The molecule has 1 saturated carbocycles. The zero-order chi connectivity index (χ0) is 20.1. The SMILES string of the molecule is CCC1c2nncn2-c2cnc(-n3ccnc3-c3ccccc3)nc2N1C1CCC1. The van der Waals surface area contributed by atoms with E-state index in [4.69, 9.17) is 9.97 Å². The Morgan fingerprint density at radius 2 is 1.93 bits per heavy atom. The lowest BCUT2D eigenvalue weighted by Crippen LogP contribution is -2.46. The van der Waals surface area contributed by atoms with E-state index in [1.807, 2.05) is 39.7 Å². The second-order valence-electron chi connectivity index (χ2n) is 7.84. The van der Waals surface area contributed by atoms with Crippen molar-refractivity contribution in [3.63, 3.8) is 0 Å². The molecular formula is C22H22N8. The van der Waals surface area contributed by atoms with Gasteiger partial charge in [-0.2, -0.15) is 4.98 Å². The highest BCUT2D eigenvalue weighted by atomic mass is 15.4. The van der Waals surface area contributed by atoms with Gasteiger partial charge in [0.15, 0.2) is 11.6 Å². The number of hydrogen-bond acceptors (Lipinski definition) is 6. The van der Waals surface area contributed by atoms with Crippen molar-refractivity contribution in [2.75, 3.05) is 4.90 Å². The second-order valence-corrected chi connectivity index (χ2v) is 7.84. The fourth-order valence-electron chi connectivity index (χ4n) is 4.50. The maximum atomic E-state index is 5.06. The number of benzene rings is 1. The lowest BCUT2D eigenvalue weighted by atomic mass is 9.89. The molecular weight excluding hydrogens is 376 g/mol. The summed E-state index contributed by atoms with van der Waals surface area (Å²) in [6.45, 7) is 2.20. The topological polar surface area (TPSA) is 77.5 Å². The van der Waals surface area contributed by atoms with Crippen LogP contribution in [0.15, 0.2) is 55.2 Å². The predicted octanol–water partition coefficient (Wildman–Crippen LogP) is 3.73. The van der Waals surface area contributed by atoms with Gasteiger partial charge in [-0.1, -0.05) is 37.3 Å². The zero-order valence-electron chi connectivity index (χ0n) is 16.8. The van der Waals surface area contributed by atoms with Gasteiger partial charge in [0.05, 0.1) is 12.2 Å². The third-order valence-electron chi connectivity index (χ3n) is 6.19. The number of rotatable bonds is 4. The van der Waals surface area contributed by atoms with Crippen LogP contribution in [0, 0.1) is 0 Å². The number of imidazole rings is 1. The first kappa shape index (κ1) is 17.3. The Balaban J connectivity index is 1.51. The summed E-state index contributed by atoms with van der Waals surface area (Å²) in [7, 11) is 0. The van der Waals surface area contributed by atoms with Gasteiger partial charge in [-0.05, 0) is 25.7 Å². The molecule has 8 nitrogen and oxygen atoms in total. The maximum absolute atomic E-state index is 5.06. The van der Waals surface area contributed by atoms with Crippen LogP contribution in [0.4, 0.5) is 5.82 Å². The average Bonchev–Trinajstić information content (AvgIpc) is 3.43. The van der Waals surface area contributed by atoms with Crippen LogP contribution in [0.25, 0.3) is 23.0 Å². The van der Waals surface area contributed by atoms with Crippen LogP contribution >= 0.6 is 0 Å². The van der Waals surface area contributed by atoms with Crippen LogP contribution in [0.5, 0.6) is 0 Å². The van der Waals surface area contributed by atoms with Crippen molar-refractivity contribution in [1.82, 2.24) is 34.3 Å². The van der Waals surface area contributed by atoms with Crippen LogP contribution in [0.1, 0.15) is 44.5 Å². The lowest BCUT2D eigenvalue weighted by molar-refractivity contribution is 0.341. The summed E-state index contributed by atoms with van der Waals surface area (Å²) >= 11 is 0. The minimum absolute atomic E-state index is 0.171. The van der Waals surface area contributed by atoms with Gasteiger partial charge < -0.3 is 4.90 Å². The molecule has 1 atom stereocenters. The molecule has 0 saturated heterocycles. The smallest absolute Gasteiger partial charge is 0.237 e. The van der Waals surface area contributed by atoms with Crippen molar-refractivity contribution < 1.29 is 0 Å². The molecule has 30 heavy (non-hydrogen) atoms. The Kier molecular flexibility index (Phi) is 3.90. The monoisotopic (exact) mass is 398 g/mol. The predicted molar refractivity (Wildman–Crippen MR) is 113 cm³/mol. The number of anilines is 1. The van der Waals surface area contributed by atoms with Gasteiger partial charge in [0.2, 0.25) is 5.95 Å². The number of aromatic nitrogens is 7. The highest BCUT2D eigenvalue weighted by molar-refractivity contribution is 5.64. The van der Waals surface area contributed by atoms with Gasteiger partial charge in [0.1, 0.15) is 17.8 Å². The van der Waals surface area contributed by atoms with Gasteiger partial charge in [-0.15, -0.1) is 10.2 Å². The van der Waals surface area contributed by atoms with Crippen molar-refractivity contribution in [3.8, 4) is 23.0 Å². The summed E-state index contributed by atoms with van der Waals surface area (Å²) < 4.78 is 3.99. The van der Waals surface area contributed by atoms with Gasteiger partial charge in [0, 0.05) is 24.0 Å². The molecule has 1 unspecified atom stereocenters. The molecule has 150 valence electrons. The van der Waals surface area contributed by atoms with Crippen molar-refractivity contribution in [2.45, 2.75) is 44.7 Å². The molecule has 4 heterocycles. The van der Waals surface area contributed by atoms with Crippen molar-refractivity contribution in [3.05, 3.63) is 61.1 Å². The Morgan fingerprint density at radius 3 is 2.70 bits per heavy atom. The minimum atomic E-state index is 0.171. The first-order valence-electron chi connectivity index (χ1n) is 10.5. The quantitative estimate of drug-likeness (QED) is 0.521. The normalized spacial score (nSPS) is 18.0. The molecule has 2 aliphatic rings. The van der Waals surface area contributed by atoms with E-state index >= 15 is 0 Å². The molecule has 6 rings (SSSR count). The molecule has 8 heteroatoms. The lowest BCUT2D eigenvalue weighted by Gasteiger charge is -2.45.